The quantitative estimate of drug-likeness (QED) is 0.840. The van der Waals surface area contributed by atoms with Crippen LogP contribution >= 0.6 is 0 Å². The lowest BCUT2D eigenvalue weighted by atomic mass is 10.0. The Hall–Kier alpha value is -1.33. The molecule has 2 heterocycles. The first kappa shape index (κ1) is 14.1. The van der Waals surface area contributed by atoms with Gasteiger partial charge in [-0.2, -0.15) is 0 Å². The highest BCUT2D eigenvalue weighted by Crippen LogP contribution is 2.33. The number of amides is 1. The van der Waals surface area contributed by atoms with Crippen molar-refractivity contribution in [1.82, 2.24) is 4.90 Å². The van der Waals surface area contributed by atoms with E-state index in [1.54, 1.807) is 0 Å². The van der Waals surface area contributed by atoms with Gasteiger partial charge in [0.25, 0.3) is 0 Å². The molecule has 1 aliphatic rings. The van der Waals surface area contributed by atoms with Gasteiger partial charge in [-0.1, -0.05) is 6.92 Å². The Morgan fingerprint density at radius 1 is 1.58 bits per heavy atom. The molecule has 1 amide bonds. The molecule has 2 rings (SSSR count). The van der Waals surface area contributed by atoms with Crippen LogP contribution in [-0.4, -0.2) is 29.4 Å². The molecule has 0 aliphatic carbocycles. The molecule has 1 aromatic rings. The molecule has 0 saturated carbocycles. The lowest BCUT2D eigenvalue weighted by molar-refractivity contribution is -0.123. The van der Waals surface area contributed by atoms with Crippen molar-refractivity contribution < 1.29 is 9.21 Å². The summed E-state index contributed by atoms with van der Waals surface area (Å²) in [6, 6.07) is 3.52. The van der Waals surface area contributed by atoms with E-state index < -0.39 is 0 Å². The van der Waals surface area contributed by atoms with Gasteiger partial charge >= 0.3 is 0 Å². The van der Waals surface area contributed by atoms with Gasteiger partial charge in [0.1, 0.15) is 11.5 Å². The third-order valence-electron chi connectivity index (χ3n) is 3.91. The maximum atomic E-state index is 11.6. The molecule has 5 nitrogen and oxygen atoms in total. The summed E-state index contributed by atoms with van der Waals surface area (Å²) in [5.74, 6) is 1.42. The zero-order valence-corrected chi connectivity index (χ0v) is 11.6. The minimum absolute atomic E-state index is 0.0644. The van der Waals surface area contributed by atoms with E-state index in [0.29, 0.717) is 0 Å². The van der Waals surface area contributed by atoms with Crippen molar-refractivity contribution in [3.05, 3.63) is 23.7 Å². The van der Waals surface area contributed by atoms with E-state index in [1.165, 1.54) is 0 Å². The highest BCUT2D eigenvalue weighted by atomic mass is 16.3. The van der Waals surface area contributed by atoms with Gasteiger partial charge in [-0.25, -0.2) is 0 Å². The zero-order valence-electron chi connectivity index (χ0n) is 11.6. The number of nitrogens with two attached hydrogens (primary N) is 2. The molecule has 5 heteroatoms. The van der Waals surface area contributed by atoms with Crippen LogP contribution in [0.1, 0.15) is 43.7 Å². The maximum Gasteiger partial charge on any atom is 0.234 e. The molecule has 1 fully saturated rings. The van der Waals surface area contributed by atoms with Crippen LogP contribution in [0, 0.1) is 6.92 Å². The number of likely N-dealkylation sites (tertiary alicyclic amines) is 1. The predicted molar refractivity (Wildman–Crippen MR) is 73.4 cm³/mol. The molecular formula is C14H23N3O2. The Balaban J connectivity index is 2.30. The monoisotopic (exact) mass is 265 g/mol. The average molecular weight is 265 g/mol. The number of rotatable bonds is 5. The van der Waals surface area contributed by atoms with Crippen molar-refractivity contribution in [2.75, 3.05) is 6.54 Å². The standard InChI is InChI=1S/C14H23N3O2/c1-3-10(15)13(12-7-6-9(2)19-12)17-8-4-5-11(17)14(16)18/h6-7,10-11,13H,3-5,8,15H2,1-2H3,(H2,16,18). The third-order valence-corrected chi connectivity index (χ3v) is 3.91. The summed E-state index contributed by atoms with van der Waals surface area (Å²) < 4.78 is 5.74. The van der Waals surface area contributed by atoms with Crippen LogP contribution in [0.4, 0.5) is 0 Å². The largest absolute Gasteiger partial charge is 0.465 e. The summed E-state index contributed by atoms with van der Waals surface area (Å²) in [5, 5.41) is 0. The maximum absolute atomic E-state index is 11.6. The van der Waals surface area contributed by atoms with E-state index in [2.05, 4.69) is 4.90 Å². The number of aryl methyl sites for hydroxylation is 1. The van der Waals surface area contributed by atoms with Crippen molar-refractivity contribution in [1.29, 1.82) is 0 Å². The molecule has 4 N–H and O–H groups in total. The van der Waals surface area contributed by atoms with Crippen molar-refractivity contribution in [3.8, 4) is 0 Å². The number of nitrogens with zero attached hydrogens (tertiary/aromatic N) is 1. The van der Waals surface area contributed by atoms with E-state index in [9.17, 15) is 4.79 Å². The van der Waals surface area contributed by atoms with Crippen molar-refractivity contribution in [2.24, 2.45) is 11.5 Å². The molecule has 0 bridgehead atoms. The molecule has 1 aromatic heterocycles. The second kappa shape index (κ2) is 5.75. The molecule has 0 radical (unpaired) electrons. The van der Waals surface area contributed by atoms with Crippen LogP contribution in [-0.2, 0) is 4.79 Å². The third kappa shape index (κ3) is 2.82. The lowest BCUT2D eigenvalue weighted by Gasteiger charge is -2.33. The zero-order chi connectivity index (χ0) is 14.0. The smallest absolute Gasteiger partial charge is 0.234 e. The summed E-state index contributed by atoms with van der Waals surface area (Å²) in [6.45, 7) is 4.79. The molecule has 106 valence electrons. The topological polar surface area (TPSA) is 85.5 Å². The molecule has 0 aromatic carbocycles. The molecule has 1 saturated heterocycles. The Morgan fingerprint density at radius 2 is 2.32 bits per heavy atom. The molecule has 1 aliphatic heterocycles. The van der Waals surface area contributed by atoms with Crippen molar-refractivity contribution in [3.63, 3.8) is 0 Å². The van der Waals surface area contributed by atoms with Crippen molar-refractivity contribution in [2.45, 2.75) is 51.2 Å². The summed E-state index contributed by atoms with van der Waals surface area (Å²) >= 11 is 0. The van der Waals surface area contributed by atoms with Gasteiger partial charge in [0.05, 0.1) is 12.1 Å². The van der Waals surface area contributed by atoms with Crippen LogP contribution in [0.5, 0.6) is 0 Å². The van der Waals surface area contributed by atoms with Gasteiger partial charge in [-0.3, -0.25) is 9.69 Å². The van der Waals surface area contributed by atoms with E-state index >= 15 is 0 Å². The Bertz CT molecular complexity index is 444. The number of hydrogen-bond donors (Lipinski definition) is 2. The molecule has 3 unspecified atom stereocenters. The van der Waals surface area contributed by atoms with E-state index in [1.807, 2.05) is 26.0 Å². The summed E-state index contributed by atoms with van der Waals surface area (Å²) in [5.41, 5.74) is 11.7. The second-order valence-corrected chi connectivity index (χ2v) is 5.26. The second-order valence-electron chi connectivity index (χ2n) is 5.26. The van der Waals surface area contributed by atoms with E-state index in [0.717, 1.165) is 37.3 Å². The van der Waals surface area contributed by atoms with Crippen LogP contribution < -0.4 is 11.5 Å². The van der Waals surface area contributed by atoms with E-state index in [4.69, 9.17) is 15.9 Å². The fourth-order valence-corrected chi connectivity index (χ4v) is 2.88. The van der Waals surface area contributed by atoms with Gasteiger partial charge in [-0.15, -0.1) is 0 Å². The Kier molecular flexibility index (Phi) is 4.27. The summed E-state index contributed by atoms with van der Waals surface area (Å²) in [7, 11) is 0. The average Bonchev–Trinajstić information content (AvgIpc) is 2.99. The molecule has 3 atom stereocenters. The fraction of sp³-hybridized carbons (Fsp3) is 0.643. The minimum atomic E-state index is -0.269. The van der Waals surface area contributed by atoms with Crippen LogP contribution in [0.25, 0.3) is 0 Å². The van der Waals surface area contributed by atoms with Crippen LogP contribution in [0.3, 0.4) is 0 Å². The van der Waals surface area contributed by atoms with Gasteiger partial charge in [-0.05, 0) is 44.9 Å². The first-order chi connectivity index (χ1) is 9.04. The molecule has 0 spiro atoms. The number of hydrogen-bond acceptors (Lipinski definition) is 4. The number of carbonyl (C=O) groups excluding carboxylic acids is 1. The van der Waals surface area contributed by atoms with Gasteiger partial charge < -0.3 is 15.9 Å². The van der Waals surface area contributed by atoms with Crippen LogP contribution in [0.2, 0.25) is 0 Å². The lowest BCUT2D eigenvalue weighted by Crippen LogP contribution is -2.47. The first-order valence-electron chi connectivity index (χ1n) is 6.91. The van der Waals surface area contributed by atoms with E-state index in [-0.39, 0.29) is 24.0 Å². The number of primary amides is 1. The summed E-state index contributed by atoms with van der Waals surface area (Å²) in [4.78, 5) is 13.7. The number of furan rings is 1. The number of carbonyl (C=O) groups is 1. The van der Waals surface area contributed by atoms with Gasteiger partial charge in [0, 0.05) is 6.04 Å². The Morgan fingerprint density at radius 3 is 2.84 bits per heavy atom. The predicted octanol–water partition coefficient (Wildman–Crippen LogP) is 1.32. The summed E-state index contributed by atoms with van der Waals surface area (Å²) in [6.07, 6.45) is 2.61. The minimum Gasteiger partial charge on any atom is -0.465 e. The van der Waals surface area contributed by atoms with Gasteiger partial charge in [0.15, 0.2) is 0 Å². The first-order valence-corrected chi connectivity index (χ1v) is 6.91. The SMILES string of the molecule is CCC(N)C(c1ccc(C)o1)N1CCCC1C(N)=O. The van der Waals surface area contributed by atoms with Crippen LogP contribution in [0.15, 0.2) is 16.5 Å². The normalized spacial score (nSPS) is 23.4. The fourth-order valence-electron chi connectivity index (χ4n) is 2.88. The molecular weight excluding hydrogens is 242 g/mol. The molecule has 19 heavy (non-hydrogen) atoms. The van der Waals surface area contributed by atoms with Crippen molar-refractivity contribution >= 4 is 5.91 Å². The Labute approximate surface area is 113 Å². The van der Waals surface area contributed by atoms with Gasteiger partial charge in [0.2, 0.25) is 5.91 Å². The highest BCUT2D eigenvalue weighted by molar-refractivity contribution is 5.80. The highest BCUT2D eigenvalue weighted by Gasteiger charge is 2.38.